The summed E-state index contributed by atoms with van der Waals surface area (Å²) in [6, 6.07) is 8.20. The highest BCUT2D eigenvalue weighted by Gasteiger charge is 2.18. The minimum absolute atomic E-state index is 0.606. The Bertz CT molecular complexity index is 891. The van der Waals surface area contributed by atoms with Gasteiger partial charge in [0.1, 0.15) is 5.69 Å². The first-order chi connectivity index (χ1) is 10.9. The van der Waals surface area contributed by atoms with Gasteiger partial charge >= 0.3 is 0 Å². The second-order valence-electron chi connectivity index (χ2n) is 4.90. The molecule has 0 aliphatic heterocycles. The second kappa shape index (κ2) is 5.64. The molecule has 4 nitrogen and oxygen atoms in total. The summed E-state index contributed by atoms with van der Waals surface area (Å²) in [4.78, 5) is 11.3. The lowest BCUT2D eigenvalue weighted by molar-refractivity contribution is 0.914. The van der Waals surface area contributed by atoms with Gasteiger partial charge in [0, 0.05) is 29.8 Å². The van der Waals surface area contributed by atoms with E-state index in [1.54, 1.807) is 28.9 Å². The molecule has 2 N–H and O–H groups in total. The van der Waals surface area contributed by atoms with Gasteiger partial charge in [0.15, 0.2) is 4.96 Å². The van der Waals surface area contributed by atoms with E-state index >= 15 is 0 Å². The van der Waals surface area contributed by atoms with Gasteiger partial charge in [0.05, 0.1) is 16.3 Å². The molecule has 0 amide bonds. The van der Waals surface area contributed by atoms with E-state index in [0.29, 0.717) is 6.54 Å². The SMILES string of the molecule is NCCc1c(-c2cccs2)nc2scc(-c3cccnc3)n12. The molecular formula is C16H14N4S2. The molecule has 0 aliphatic rings. The van der Waals surface area contributed by atoms with Gasteiger partial charge in [-0.2, -0.15) is 0 Å². The number of aromatic nitrogens is 3. The second-order valence-corrected chi connectivity index (χ2v) is 6.69. The van der Waals surface area contributed by atoms with Crippen molar-refractivity contribution in [2.75, 3.05) is 6.54 Å². The number of rotatable bonds is 4. The van der Waals surface area contributed by atoms with E-state index < -0.39 is 0 Å². The molecule has 0 spiro atoms. The number of thiazole rings is 1. The molecule has 0 saturated carbocycles. The van der Waals surface area contributed by atoms with E-state index in [1.807, 2.05) is 12.3 Å². The minimum Gasteiger partial charge on any atom is -0.330 e. The Morgan fingerprint density at radius 2 is 2.14 bits per heavy atom. The first-order valence-corrected chi connectivity index (χ1v) is 8.77. The summed E-state index contributed by atoms with van der Waals surface area (Å²) in [6.45, 7) is 0.606. The summed E-state index contributed by atoms with van der Waals surface area (Å²) in [6.07, 6.45) is 4.48. The smallest absolute Gasteiger partial charge is 0.194 e. The van der Waals surface area contributed by atoms with Crippen LogP contribution in [0.1, 0.15) is 5.69 Å². The molecule has 0 aromatic carbocycles. The summed E-state index contributed by atoms with van der Waals surface area (Å²) in [5.74, 6) is 0. The fraction of sp³-hybridized carbons (Fsp3) is 0.125. The summed E-state index contributed by atoms with van der Waals surface area (Å²) < 4.78 is 2.23. The molecule has 0 radical (unpaired) electrons. The number of nitrogens with zero attached hydrogens (tertiary/aromatic N) is 3. The minimum atomic E-state index is 0.606. The van der Waals surface area contributed by atoms with Gasteiger partial charge in [0.2, 0.25) is 0 Å². The zero-order valence-corrected chi connectivity index (χ0v) is 13.4. The topological polar surface area (TPSA) is 56.2 Å². The quantitative estimate of drug-likeness (QED) is 0.622. The monoisotopic (exact) mass is 326 g/mol. The van der Waals surface area contributed by atoms with E-state index in [9.17, 15) is 0 Å². The molecule has 110 valence electrons. The molecule has 0 saturated heterocycles. The number of thiophene rings is 1. The van der Waals surface area contributed by atoms with Crippen molar-refractivity contribution < 1.29 is 0 Å². The Balaban J connectivity index is 1.97. The van der Waals surface area contributed by atoms with Crippen molar-refractivity contribution in [1.82, 2.24) is 14.4 Å². The third kappa shape index (κ3) is 2.16. The molecule has 0 bridgehead atoms. The van der Waals surface area contributed by atoms with Gasteiger partial charge < -0.3 is 5.73 Å². The molecule has 0 fully saturated rings. The van der Waals surface area contributed by atoms with Crippen LogP contribution in [0.4, 0.5) is 0 Å². The van der Waals surface area contributed by atoms with Crippen LogP contribution in [0.2, 0.25) is 0 Å². The summed E-state index contributed by atoms with van der Waals surface area (Å²) in [5.41, 5.74) is 10.3. The first kappa shape index (κ1) is 13.6. The van der Waals surface area contributed by atoms with E-state index in [0.717, 1.165) is 28.3 Å². The van der Waals surface area contributed by atoms with Crippen LogP contribution in [0.3, 0.4) is 0 Å². The van der Waals surface area contributed by atoms with Crippen molar-refractivity contribution in [2.24, 2.45) is 5.73 Å². The van der Waals surface area contributed by atoms with E-state index in [-0.39, 0.29) is 0 Å². The molecule has 4 aromatic heterocycles. The van der Waals surface area contributed by atoms with Crippen molar-refractivity contribution in [3.63, 3.8) is 0 Å². The Morgan fingerprint density at radius 3 is 2.86 bits per heavy atom. The number of pyridine rings is 1. The van der Waals surface area contributed by atoms with Crippen LogP contribution in [0.25, 0.3) is 26.8 Å². The fourth-order valence-electron chi connectivity index (χ4n) is 2.61. The highest BCUT2D eigenvalue weighted by atomic mass is 32.1. The van der Waals surface area contributed by atoms with E-state index in [2.05, 4.69) is 38.3 Å². The normalized spacial score (nSPS) is 11.3. The molecule has 0 aliphatic carbocycles. The van der Waals surface area contributed by atoms with Gasteiger partial charge in [-0.1, -0.05) is 6.07 Å². The fourth-order valence-corrected chi connectivity index (χ4v) is 4.26. The lowest BCUT2D eigenvalue weighted by Crippen LogP contribution is -2.06. The van der Waals surface area contributed by atoms with Crippen molar-refractivity contribution in [3.05, 3.63) is 53.1 Å². The molecule has 22 heavy (non-hydrogen) atoms. The number of imidazole rings is 1. The van der Waals surface area contributed by atoms with E-state index in [1.165, 1.54) is 10.6 Å². The number of hydrogen-bond acceptors (Lipinski definition) is 5. The predicted octanol–water partition coefficient (Wildman–Crippen LogP) is 3.69. The number of hydrogen-bond donors (Lipinski definition) is 1. The van der Waals surface area contributed by atoms with Crippen LogP contribution >= 0.6 is 22.7 Å². The van der Waals surface area contributed by atoms with E-state index in [4.69, 9.17) is 10.7 Å². The van der Waals surface area contributed by atoms with Crippen LogP contribution in [-0.4, -0.2) is 20.9 Å². The largest absolute Gasteiger partial charge is 0.330 e. The first-order valence-electron chi connectivity index (χ1n) is 7.01. The molecule has 4 aromatic rings. The molecule has 0 atom stereocenters. The number of nitrogens with two attached hydrogens (primary N) is 1. The molecule has 4 rings (SSSR count). The molecule has 4 heterocycles. The van der Waals surface area contributed by atoms with Crippen LogP contribution in [0.5, 0.6) is 0 Å². The van der Waals surface area contributed by atoms with Gasteiger partial charge in [0.25, 0.3) is 0 Å². The summed E-state index contributed by atoms with van der Waals surface area (Å²) in [5, 5.41) is 4.22. The Kier molecular flexibility index (Phi) is 3.49. The summed E-state index contributed by atoms with van der Waals surface area (Å²) >= 11 is 3.37. The average molecular weight is 326 g/mol. The zero-order valence-electron chi connectivity index (χ0n) is 11.8. The van der Waals surface area contributed by atoms with Crippen molar-refractivity contribution in [2.45, 2.75) is 6.42 Å². The van der Waals surface area contributed by atoms with Gasteiger partial charge in [-0.25, -0.2) is 4.98 Å². The third-order valence-corrected chi connectivity index (χ3v) is 5.25. The maximum atomic E-state index is 5.84. The van der Waals surface area contributed by atoms with Crippen molar-refractivity contribution >= 4 is 27.6 Å². The lowest BCUT2D eigenvalue weighted by atomic mass is 10.2. The van der Waals surface area contributed by atoms with Crippen molar-refractivity contribution in [3.8, 4) is 21.8 Å². The maximum Gasteiger partial charge on any atom is 0.194 e. The lowest BCUT2D eigenvalue weighted by Gasteiger charge is -2.05. The van der Waals surface area contributed by atoms with Crippen LogP contribution < -0.4 is 5.73 Å². The van der Waals surface area contributed by atoms with Crippen LogP contribution in [0, 0.1) is 0 Å². The van der Waals surface area contributed by atoms with Gasteiger partial charge in [-0.3, -0.25) is 9.38 Å². The Morgan fingerprint density at radius 1 is 1.18 bits per heavy atom. The molecule has 0 unspecified atom stereocenters. The zero-order chi connectivity index (χ0) is 14.9. The highest BCUT2D eigenvalue weighted by Crippen LogP contribution is 2.34. The summed E-state index contributed by atoms with van der Waals surface area (Å²) in [7, 11) is 0. The van der Waals surface area contributed by atoms with Gasteiger partial charge in [-0.05, 0) is 30.1 Å². The average Bonchev–Trinajstić information content (AvgIpc) is 3.25. The Hall–Kier alpha value is -2.02. The predicted molar refractivity (Wildman–Crippen MR) is 92.4 cm³/mol. The third-order valence-electron chi connectivity index (χ3n) is 3.55. The maximum absolute atomic E-state index is 5.84. The highest BCUT2D eigenvalue weighted by molar-refractivity contribution is 7.15. The van der Waals surface area contributed by atoms with Crippen molar-refractivity contribution in [1.29, 1.82) is 0 Å². The van der Waals surface area contributed by atoms with Crippen LogP contribution in [0.15, 0.2) is 47.4 Å². The molecule has 6 heteroatoms. The molecular weight excluding hydrogens is 312 g/mol. The standard InChI is InChI=1S/C16H14N4S2/c17-6-5-12-15(14-4-2-8-21-14)19-16-20(12)13(10-22-16)11-3-1-7-18-9-11/h1-4,7-10H,5-6,17H2. The number of fused-ring (bicyclic) bond motifs is 1. The van der Waals surface area contributed by atoms with Gasteiger partial charge in [-0.15, -0.1) is 22.7 Å². The van der Waals surface area contributed by atoms with Crippen LogP contribution in [-0.2, 0) is 6.42 Å². The Labute approximate surface area is 135 Å².